The Morgan fingerprint density at radius 3 is 2.44 bits per heavy atom. The van der Waals surface area contributed by atoms with E-state index < -0.39 is 6.10 Å². The molecule has 130 valence electrons. The molecule has 0 radical (unpaired) electrons. The first-order valence-corrected chi connectivity index (χ1v) is 8.84. The topological polar surface area (TPSA) is 50.8 Å². The van der Waals surface area contributed by atoms with Gasteiger partial charge in [0.1, 0.15) is 6.61 Å². The molecule has 4 rings (SSSR count). The van der Waals surface area contributed by atoms with Gasteiger partial charge in [0.2, 0.25) is 6.10 Å². The van der Waals surface area contributed by atoms with E-state index in [1.807, 2.05) is 36.4 Å². The lowest BCUT2D eigenvalue weighted by molar-refractivity contribution is -0.125. The molecule has 0 aliphatic carbocycles. The summed E-state index contributed by atoms with van der Waals surface area (Å²) in [4.78, 5) is 14.8. The lowest BCUT2D eigenvalue weighted by Crippen LogP contribution is -2.40. The number of nitrogens with zero attached hydrogens (tertiary/aromatic N) is 1. The van der Waals surface area contributed by atoms with Crippen molar-refractivity contribution in [3.05, 3.63) is 48.5 Å². The Morgan fingerprint density at radius 2 is 1.68 bits per heavy atom. The van der Waals surface area contributed by atoms with Crippen molar-refractivity contribution in [2.75, 3.05) is 29.9 Å². The molecule has 1 N–H and O–H groups in total. The number of piperidine rings is 1. The van der Waals surface area contributed by atoms with Crippen LogP contribution in [0.1, 0.15) is 19.3 Å². The number of hydrogen-bond donors (Lipinski definition) is 1. The van der Waals surface area contributed by atoms with Gasteiger partial charge in [0, 0.05) is 24.5 Å². The highest BCUT2D eigenvalue weighted by Gasteiger charge is 2.27. The van der Waals surface area contributed by atoms with Gasteiger partial charge in [0.25, 0.3) is 5.91 Å². The highest BCUT2D eigenvalue weighted by Crippen LogP contribution is 2.31. The summed E-state index contributed by atoms with van der Waals surface area (Å²) in [5, 5.41) is 2.91. The average molecular weight is 338 g/mol. The number of hydrogen-bond acceptors (Lipinski definition) is 4. The molecule has 5 nitrogen and oxygen atoms in total. The number of benzene rings is 2. The fourth-order valence-corrected chi connectivity index (χ4v) is 3.28. The minimum atomic E-state index is -0.642. The van der Waals surface area contributed by atoms with Crippen LogP contribution in [0, 0.1) is 0 Å². The predicted molar refractivity (Wildman–Crippen MR) is 97.5 cm³/mol. The Labute approximate surface area is 147 Å². The van der Waals surface area contributed by atoms with Crippen molar-refractivity contribution < 1.29 is 14.3 Å². The fraction of sp³-hybridized carbons (Fsp3) is 0.350. The summed E-state index contributed by atoms with van der Waals surface area (Å²) < 4.78 is 11.3. The van der Waals surface area contributed by atoms with Crippen molar-refractivity contribution in [1.29, 1.82) is 0 Å². The molecule has 2 heterocycles. The van der Waals surface area contributed by atoms with Crippen LogP contribution in [0.3, 0.4) is 0 Å². The molecule has 0 saturated carbocycles. The van der Waals surface area contributed by atoms with Crippen molar-refractivity contribution in [1.82, 2.24) is 0 Å². The number of fused-ring (bicyclic) bond motifs is 1. The Morgan fingerprint density at radius 1 is 0.960 bits per heavy atom. The van der Waals surface area contributed by atoms with Gasteiger partial charge in [-0.1, -0.05) is 12.1 Å². The third-order valence-electron chi connectivity index (χ3n) is 4.66. The number of nitrogens with one attached hydrogen (secondary N) is 1. The van der Waals surface area contributed by atoms with E-state index in [0.717, 1.165) is 18.8 Å². The van der Waals surface area contributed by atoms with Crippen molar-refractivity contribution in [2.24, 2.45) is 0 Å². The predicted octanol–water partition coefficient (Wildman–Crippen LogP) is 3.46. The highest BCUT2D eigenvalue weighted by atomic mass is 16.6. The van der Waals surface area contributed by atoms with Crippen molar-refractivity contribution >= 4 is 17.3 Å². The van der Waals surface area contributed by atoms with E-state index >= 15 is 0 Å². The summed E-state index contributed by atoms with van der Waals surface area (Å²) in [5.41, 5.74) is 1.98. The number of para-hydroxylation sites is 2. The van der Waals surface area contributed by atoms with Gasteiger partial charge in [-0.2, -0.15) is 0 Å². The first kappa shape index (κ1) is 15.8. The molecule has 25 heavy (non-hydrogen) atoms. The van der Waals surface area contributed by atoms with Crippen molar-refractivity contribution in [2.45, 2.75) is 25.4 Å². The van der Waals surface area contributed by atoms with Crippen LogP contribution in [0.15, 0.2) is 48.5 Å². The van der Waals surface area contributed by atoms with E-state index in [4.69, 9.17) is 9.47 Å². The number of carbonyl (C=O) groups is 1. The van der Waals surface area contributed by atoms with Crippen LogP contribution >= 0.6 is 0 Å². The number of anilines is 2. The van der Waals surface area contributed by atoms with E-state index in [2.05, 4.69) is 22.3 Å². The lowest BCUT2D eigenvalue weighted by atomic mass is 10.1. The fourth-order valence-electron chi connectivity index (χ4n) is 3.28. The smallest absolute Gasteiger partial charge is 0.269 e. The second-order valence-electron chi connectivity index (χ2n) is 6.45. The molecule has 1 amide bonds. The van der Waals surface area contributed by atoms with Crippen LogP contribution in [0.5, 0.6) is 11.5 Å². The minimum absolute atomic E-state index is 0.194. The highest BCUT2D eigenvalue weighted by molar-refractivity contribution is 5.94. The zero-order valence-corrected chi connectivity index (χ0v) is 14.1. The van der Waals surface area contributed by atoms with Crippen LogP contribution in [0.4, 0.5) is 11.4 Å². The molecule has 2 aliphatic rings. The molecule has 0 bridgehead atoms. The van der Waals surface area contributed by atoms with E-state index in [1.165, 1.54) is 24.9 Å². The van der Waals surface area contributed by atoms with Crippen molar-refractivity contribution in [3.63, 3.8) is 0 Å². The molecular weight excluding hydrogens is 316 g/mol. The third-order valence-corrected chi connectivity index (χ3v) is 4.66. The first-order chi connectivity index (χ1) is 12.3. The summed E-state index contributed by atoms with van der Waals surface area (Å²) in [7, 11) is 0. The Bertz CT molecular complexity index is 739. The van der Waals surface area contributed by atoms with Gasteiger partial charge in [-0.15, -0.1) is 0 Å². The van der Waals surface area contributed by atoms with Gasteiger partial charge >= 0.3 is 0 Å². The summed E-state index contributed by atoms with van der Waals surface area (Å²) >= 11 is 0. The number of amides is 1. The molecule has 1 atom stereocenters. The van der Waals surface area contributed by atoms with Gasteiger partial charge in [0.15, 0.2) is 11.5 Å². The quantitative estimate of drug-likeness (QED) is 0.931. The SMILES string of the molecule is O=C(Nc1ccc(N2CCCCC2)cc1)[C@@H]1COc2ccccc2O1. The third kappa shape index (κ3) is 3.55. The number of rotatable bonds is 3. The average Bonchev–Trinajstić information content (AvgIpc) is 2.69. The van der Waals surface area contributed by atoms with E-state index in [9.17, 15) is 4.79 Å². The Kier molecular flexibility index (Phi) is 4.46. The normalized spacial score (nSPS) is 19.4. The van der Waals surface area contributed by atoms with Gasteiger partial charge < -0.3 is 19.7 Å². The summed E-state index contributed by atoms with van der Waals surface area (Å²) in [5.74, 6) is 1.09. The summed E-state index contributed by atoms with van der Waals surface area (Å²) in [6, 6.07) is 15.4. The minimum Gasteiger partial charge on any atom is -0.485 e. The first-order valence-electron chi connectivity index (χ1n) is 8.84. The molecule has 0 spiro atoms. The Balaban J connectivity index is 1.38. The van der Waals surface area contributed by atoms with Crippen LogP contribution in [0.25, 0.3) is 0 Å². The molecule has 0 unspecified atom stereocenters. The van der Waals surface area contributed by atoms with Crippen LogP contribution in [0.2, 0.25) is 0 Å². The Hall–Kier alpha value is -2.69. The van der Waals surface area contributed by atoms with Gasteiger partial charge in [-0.25, -0.2) is 0 Å². The van der Waals surface area contributed by atoms with Crippen LogP contribution in [-0.4, -0.2) is 31.7 Å². The molecular formula is C20H22N2O3. The maximum absolute atomic E-state index is 12.4. The van der Waals surface area contributed by atoms with Gasteiger partial charge in [0.05, 0.1) is 0 Å². The van der Waals surface area contributed by atoms with Gasteiger partial charge in [-0.05, 0) is 55.7 Å². The monoisotopic (exact) mass is 338 g/mol. The second-order valence-corrected chi connectivity index (χ2v) is 6.45. The van der Waals surface area contributed by atoms with E-state index in [-0.39, 0.29) is 12.5 Å². The van der Waals surface area contributed by atoms with Gasteiger partial charge in [-0.3, -0.25) is 4.79 Å². The molecule has 2 aliphatic heterocycles. The lowest BCUT2D eigenvalue weighted by Gasteiger charge is -2.29. The molecule has 2 aromatic carbocycles. The molecule has 1 saturated heterocycles. The van der Waals surface area contributed by atoms with E-state index in [0.29, 0.717) is 11.5 Å². The maximum Gasteiger partial charge on any atom is 0.269 e. The standard InChI is InChI=1S/C20H22N2O3/c23-20(19-14-24-17-6-2-3-7-18(17)25-19)21-15-8-10-16(11-9-15)22-12-4-1-5-13-22/h2-3,6-11,19H,1,4-5,12-14H2,(H,21,23)/t19-/m0/s1. The zero-order chi connectivity index (χ0) is 17.1. The van der Waals surface area contributed by atoms with Crippen LogP contribution in [-0.2, 0) is 4.79 Å². The van der Waals surface area contributed by atoms with Crippen LogP contribution < -0.4 is 19.7 Å². The molecule has 2 aromatic rings. The molecule has 5 heteroatoms. The van der Waals surface area contributed by atoms with Crippen molar-refractivity contribution in [3.8, 4) is 11.5 Å². The second kappa shape index (κ2) is 7.05. The van der Waals surface area contributed by atoms with E-state index in [1.54, 1.807) is 0 Å². The number of carbonyl (C=O) groups excluding carboxylic acids is 1. The zero-order valence-electron chi connectivity index (χ0n) is 14.1. The maximum atomic E-state index is 12.4. The molecule has 0 aromatic heterocycles. The number of ether oxygens (including phenoxy) is 2. The largest absolute Gasteiger partial charge is 0.485 e. The molecule has 1 fully saturated rings. The summed E-state index contributed by atoms with van der Waals surface area (Å²) in [6.07, 6.45) is 3.17. The summed E-state index contributed by atoms with van der Waals surface area (Å²) in [6.45, 7) is 2.44.